The molecule has 0 aliphatic rings. The van der Waals surface area contributed by atoms with Crippen LogP contribution in [-0.2, 0) is 16.6 Å². The van der Waals surface area contributed by atoms with Gasteiger partial charge in [-0.3, -0.25) is 0 Å². The predicted octanol–water partition coefficient (Wildman–Crippen LogP) is 3.75. The van der Waals surface area contributed by atoms with E-state index in [2.05, 4.69) is 4.72 Å². The molecule has 0 amide bonds. The van der Waals surface area contributed by atoms with Crippen molar-refractivity contribution in [3.63, 3.8) is 0 Å². The van der Waals surface area contributed by atoms with Crippen LogP contribution < -0.4 is 9.46 Å². The van der Waals surface area contributed by atoms with E-state index in [0.29, 0.717) is 26.8 Å². The molecule has 1 N–H and O–H groups in total. The lowest BCUT2D eigenvalue weighted by atomic mass is 10.1. The Balaban J connectivity index is 2.37. The smallest absolute Gasteiger partial charge is 0.241 e. The second-order valence-corrected chi connectivity index (χ2v) is 7.50. The van der Waals surface area contributed by atoms with Crippen LogP contribution >= 0.6 is 11.6 Å². The van der Waals surface area contributed by atoms with Gasteiger partial charge >= 0.3 is 0 Å². The van der Waals surface area contributed by atoms with Crippen LogP contribution in [0.3, 0.4) is 0 Å². The van der Waals surface area contributed by atoms with E-state index in [1.807, 2.05) is 19.1 Å². The minimum atomic E-state index is -3.65. The Hall–Kier alpha value is -1.56. The quantitative estimate of drug-likeness (QED) is 0.890. The monoisotopic (exact) mass is 353 g/mol. The van der Waals surface area contributed by atoms with Crippen molar-refractivity contribution in [3.05, 3.63) is 57.6 Å². The molecule has 0 fully saturated rings. The van der Waals surface area contributed by atoms with Gasteiger partial charge in [0.2, 0.25) is 10.0 Å². The Morgan fingerprint density at radius 2 is 1.78 bits per heavy atom. The van der Waals surface area contributed by atoms with Gasteiger partial charge in [-0.1, -0.05) is 29.8 Å². The third-order valence-corrected chi connectivity index (χ3v) is 5.94. The number of rotatable bonds is 5. The first-order valence-corrected chi connectivity index (χ1v) is 9.02. The Kier molecular flexibility index (Phi) is 5.34. The van der Waals surface area contributed by atoms with Crippen LogP contribution in [0.2, 0.25) is 5.02 Å². The second kappa shape index (κ2) is 6.91. The van der Waals surface area contributed by atoms with E-state index in [1.165, 1.54) is 0 Å². The molecule has 0 radical (unpaired) electrons. The maximum Gasteiger partial charge on any atom is 0.241 e. The second-order valence-electron chi connectivity index (χ2n) is 5.39. The number of aryl methyl sites for hydroxylation is 1. The average Bonchev–Trinajstić information content (AvgIpc) is 2.50. The topological polar surface area (TPSA) is 55.4 Å². The highest BCUT2D eigenvalue weighted by Gasteiger charge is 2.22. The van der Waals surface area contributed by atoms with E-state index in [0.717, 1.165) is 11.1 Å². The number of hydrogen-bond donors (Lipinski definition) is 1. The first kappa shape index (κ1) is 17.8. The van der Waals surface area contributed by atoms with Crippen LogP contribution in [-0.4, -0.2) is 15.5 Å². The molecule has 23 heavy (non-hydrogen) atoms. The van der Waals surface area contributed by atoms with Crippen LogP contribution in [0.15, 0.2) is 35.2 Å². The fraction of sp³-hybridized carbons (Fsp3) is 0.294. The van der Waals surface area contributed by atoms with Crippen LogP contribution in [0.25, 0.3) is 0 Å². The highest BCUT2D eigenvalue weighted by Crippen LogP contribution is 2.30. The molecule has 0 atom stereocenters. The molecule has 0 saturated heterocycles. The van der Waals surface area contributed by atoms with Crippen molar-refractivity contribution in [3.8, 4) is 5.75 Å². The molecule has 0 bridgehead atoms. The number of ether oxygens (including phenoxy) is 1. The van der Waals surface area contributed by atoms with E-state index in [1.54, 1.807) is 39.2 Å². The summed E-state index contributed by atoms with van der Waals surface area (Å²) < 4.78 is 33.3. The predicted molar refractivity (Wildman–Crippen MR) is 92.7 cm³/mol. The largest absolute Gasteiger partial charge is 0.496 e. The van der Waals surface area contributed by atoms with Crippen molar-refractivity contribution < 1.29 is 13.2 Å². The lowest BCUT2D eigenvalue weighted by Crippen LogP contribution is -2.25. The van der Waals surface area contributed by atoms with Gasteiger partial charge in [0.25, 0.3) is 0 Å². The zero-order valence-corrected chi connectivity index (χ0v) is 15.2. The van der Waals surface area contributed by atoms with E-state index >= 15 is 0 Å². The van der Waals surface area contributed by atoms with E-state index in [4.69, 9.17) is 16.3 Å². The van der Waals surface area contributed by atoms with E-state index < -0.39 is 10.0 Å². The highest BCUT2D eigenvalue weighted by atomic mass is 35.5. The number of halogens is 1. The third-order valence-electron chi connectivity index (χ3n) is 3.88. The molecule has 2 aromatic rings. The van der Waals surface area contributed by atoms with Gasteiger partial charge in [-0.15, -0.1) is 0 Å². The van der Waals surface area contributed by atoms with Gasteiger partial charge < -0.3 is 4.74 Å². The summed E-state index contributed by atoms with van der Waals surface area (Å²) >= 11 is 6.08. The lowest BCUT2D eigenvalue weighted by Gasteiger charge is -2.17. The summed E-state index contributed by atoms with van der Waals surface area (Å²) in [5.74, 6) is 0.685. The van der Waals surface area contributed by atoms with Crippen molar-refractivity contribution >= 4 is 21.6 Å². The molecule has 0 aromatic heterocycles. The molecule has 2 aromatic carbocycles. The summed E-state index contributed by atoms with van der Waals surface area (Å²) in [4.78, 5) is 0.294. The maximum atomic E-state index is 12.7. The summed E-state index contributed by atoms with van der Waals surface area (Å²) in [6, 6.07) is 8.90. The van der Waals surface area contributed by atoms with E-state index in [-0.39, 0.29) is 6.54 Å². The van der Waals surface area contributed by atoms with Crippen LogP contribution in [0.4, 0.5) is 0 Å². The molecular formula is C17H20ClNO3S. The average molecular weight is 354 g/mol. The lowest BCUT2D eigenvalue weighted by molar-refractivity contribution is 0.410. The molecule has 0 spiro atoms. The highest BCUT2D eigenvalue weighted by molar-refractivity contribution is 7.89. The molecule has 4 nitrogen and oxygen atoms in total. The Labute approximate surface area is 142 Å². The van der Waals surface area contributed by atoms with Crippen molar-refractivity contribution in [1.82, 2.24) is 4.72 Å². The maximum absolute atomic E-state index is 12.7. The third kappa shape index (κ3) is 3.68. The molecule has 0 unspecified atom stereocenters. The van der Waals surface area contributed by atoms with E-state index in [9.17, 15) is 8.42 Å². The summed E-state index contributed by atoms with van der Waals surface area (Å²) in [6.07, 6.45) is 0. The normalized spacial score (nSPS) is 11.5. The van der Waals surface area contributed by atoms with Crippen LogP contribution in [0.5, 0.6) is 5.75 Å². The Morgan fingerprint density at radius 3 is 2.39 bits per heavy atom. The molecule has 0 aliphatic heterocycles. The zero-order valence-electron chi connectivity index (χ0n) is 13.6. The molecule has 0 saturated carbocycles. The first-order valence-electron chi connectivity index (χ1n) is 7.15. The minimum absolute atomic E-state index is 0.145. The standard InChI is InChI=1S/C17H20ClNO3S/c1-11-9-16(22-4)12(2)13(3)17(11)23(20,21)19-10-14-7-5-6-8-15(14)18/h5-9,19H,10H2,1-4H3. The minimum Gasteiger partial charge on any atom is -0.496 e. The first-order chi connectivity index (χ1) is 10.8. The molecule has 0 heterocycles. The van der Waals surface area contributed by atoms with Crippen LogP contribution in [0.1, 0.15) is 22.3 Å². The van der Waals surface area contributed by atoms with Gasteiger partial charge in [0.1, 0.15) is 5.75 Å². The summed E-state index contributed by atoms with van der Waals surface area (Å²) in [5, 5.41) is 0.537. The van der Waals surface area contributed by atoms with Gasteiger partial charge in [0.15, 0.2) is 0 Å². The van der Waals surface area contributed by atoms with Crippen LogP contribution in [0, 0.1) is 20.8 Å². The molecular weight excluding hydrogens is 334 g/mol. The van der Waals surface area contributed by atoms with Crippen molar-refractivity contribution in [2.75, 3.05) is 7.11 Å². The number of methoxy groups -OCH3 is 1. The van der Waals surface area contributed by atoms with Gasteiger partial charge in [-0.2, -0.15) is 0 Å². The number of sulfonamides is 1. The van der Waals surface area contributed by atoms with Gasteiger partial charge in [-0.05, 0) is 55.2 Å². The van der Waals surface area contributed by atoms with Crippen molar-refractivity contribution in [2.24, 2.45) is 0 Å². The molecule has 2 rings (SSSR count). The Morgan fingerprint density at radius 1 is 1.13 bits per heavy atom. The van der Waals surface area contributed by atoms with Crippen molar-refractivity contribution in [2.45, 2.75) is 32.2 Å². The molecule has 6 heteroatoms. The summed E-state index contributed by atoms with van der Waals surface area (Å²) in [7, 11) is -2.07. The van der Waals surface area contributed by atoms with Crippen molar-refractivity contribution in [1.29, 1.82) is 0 Å². The van der Waals surface area contributed by atoms with Gasteiger partial charge in [0, 0.05) is 11.6 Å². The number of nitrogens with one attached hydrogen (secondary N) is 1. The fourth-order valence-electron chi connectivity index (χ4n) is 2.53. The summed E-state index contributed by atoms with van der Waals surface area (Å²) in [6.45, 7) is 5.54. The summed E-state index contributed by atoms with van der Waals surface area (Å²) in [5.41, 5.74) is 2.89. The molecule has 124 valence electrons. The fourth-order valence-corrected chi connectivity index (χ4v) is 4.26. The molecule has 0 aliphatic carbocycles. The number of benzene rings is 2. The zero-order chi connectivity index (χ0) is 17.2. The number of hydrogen-bond acceptors (Lipinski definition) is 3. The van der Waals surface area contributed by atoms with Gasteiger partial charge in [-0.25, -0.2) is 13.1 Å². The van der Waals surface area contributed by atoms with Gasteiger partial charge in [0.05, 0.1) is 12.0 Å². The Bertz CT molecular complexity index is 832. The SMILES string of the molecule is COc1cc(C)c(S(=O)(=O)NCc2ccccc2Cl)c(C)c1C.